The summed E-state index contributed by atoms with van der Waals surface area (Å²) in [4.78, 5) is 0. The molecule has 0 aliphatic heterocycles. The predicted molar refractivity (Wildman–Crippen MR) is 85.4 cm³/mol. The molecule has 0 amide bonds. The lowest BCUT2D eigenvalue weighted by atomic mass is 10.1. The third-order valence-electron chi connectivity index (χ3n) is 2.76. The minimum atomic E-state index is -3.37. The zero-order valence-corrected chi connectivity index (χ0v) is 13.7. The van der Waals surface area contributed by atoms with Crippen LogP contribution in [0.25, 0.3) is 0 Å². The summed E-state index contributed by atoms with van der Waals surface area (Å²) in [5.41, 5.74) is 1.07. The van der Waals surface area contributed by atoms with Crippen molar-refractivity contribution < 1.29 is 13.2 Å². The first-order valence-corrected chi connectivity index (χ1v) is 9.12. The van der Waals surface area contributed by atoms with E-state index in [1.54, 1.807) is 17.5 Å². The molecule has 0 saturated carbocycles. The van der Waals surface area contributed by atoms with E-state index in [1.165, 1.54) is 11.3 Å². The van der Waals surface area contributed by atoms with Gasteiger partial charge in [-0.25, -0.2) is 13.1 Å². The SMILES string of the molecule is CC(C)Oc1ccc(CCNS(=O)(=O)c2cccs2)cc1. The van der Waals surface area contributed by atoms with Crippen molar-refractivity contribution in [2.24, 2.45) is 0 Å². The molecule has 1 heterocycles. The fourth-order valence-electron chi connectivity index (χ4n) is 1.82. The van der Waals surface area contributed by atoms with Gasteiger partial charge in [0.25, 0.3) is 0 Å². The van der Waals surface area contributed by atoms with Crippen molar-refractivity contribution >= 4 is 21.4 Å². The molecule has 0 radical (unpaired) electrons. The van der Waals surface area contributed by atoms with Gasteiger partial charge in [0.2, 0.25) is 10.0 Å². The summed E-state index contributed by atoms with van der Waals surface area (Å²) >= 11 is 1.22. The number of thiophene rings is 1. The van der Waals surface area contributed by atoms with Crippen molar-refractivity contribution in [2.45, 2.75) is 30.6 Å². The molecule has 0 atom stereocenters. The van der Waals surface area contributed by atoms with Crippen molar-refractivity contribution in [1.29, 1.82) is 0 Å². The van der Waals surface area contributed by atoms with E-state index >= 15 is 0 Å². The lowest BCUT2D eigenvalue weighted by Gasteiger charge is -2.10. The van der Waals surface area contributed by atoms with Crippen molar-refractivity contribution in [1.82, 2.24) is 4.72 Å². The van der Waals surface area contributed by atoms with Gasteiger partial charge in [-0.3, -0.25) is 0 Å². The van der Waals surface area contributed by atoms with Crippen LogP contribution in [-0.2, 0) is 16.4 Å². The van der Waals surface area contributed by atoms with Crippen LogP contribution in [0.3, 0.4) is 0 Å². The summed E-state index contributed by atoms with van der Waals surface area (Å²) in [6.07, 6.45) is 0.792. The summed E-state index contributed by atoms with van der Waals surface area (Å²) in [6.45, 7) is 4.34. The normalized spacial score (nSPS) is 11.8. The van der Waals surface area contributed by atoms with E-state index in [1.807, 2.05) is 38.1 Å². The van der Waals surface area contributed by atoms with Crippen LogP contribution >= 0.6 is 11.3 Å². The summed E-state index contributed by atoms with van der Waals surface area (Å²) in [5.74, 6) is 0.827. The number of nitrogens with one attached hydrogen (secondary N) is 1. The molecule has 1 aromatic heterocycles. The van der Waals surface area contributed by atoms with Gasteiger partial charge in [0.05, 0.1) is 6.10 Å². The number of benzene rings is 1. The van der Waals surface area contributed by atoms with Crippen molar-refractivity contribution in [3.63, 3.8) is 0 Å². The molecule has 0 spiro atoms. The van der Waals surface area contributed by atoms with Crippen molar-refractivity contribution in [3.8, 4) is 5.75 Å². The fraction of sp³-hybridized carbons (Fsp3) is 0.333. The number of rotatable bonds is 7. The molecule has 1 N–H and O–H groups in total. The lowest BCUT2D eigenvalue weighted by Crippen LogP contribution is -2.25. The second-order valence-corrected chi connectivity index (χ2v) is 7.83. The molecule has 21 heavy (non-hydrogen) atoms. The molecule has 0 saturated heterocycles. The topological polar surface area (TPSA) is 55.4 Å². The first kappa shape index (κ1) is 16.0. The molecular formula is C15H19NO3S2. The number of hydrogen-bond acceptors (Lipinski definition) is 4. The summed E-state index contributed by atoms with van der Waals surface area (Å²) < 4.78 is 32.4. The Labute approximate surface area is 129 Å². The minimum absolute atomic E-state index is 0.147. The smallest absolute Gasteiger partial charge is 0.250 e. The van der Waals surface area contributed by atoms with E-state index in [9.17, 15) is 8.42 Å². The van der Waals surface area contributed by atoms with E-state index in [0.717, 1.165) is 11.3 Å². The Hall–Kier alpha value is -1.37. The monoisotopic (exact) mass is 325 g/mol. The van der Waals surface area contributed by atoms with Gasteiger partial charge < -0.3 is 4.74 Å². The van der Waals surface area contributed by atoms with Crippen LogP contribution in [-0.4, -0.2) is 21.1 Å². The Morgan fingerprint density at radius 3 is 2.48 bits per heavy atom. The maximum Gasteiger partial charge on any atom is 0.250 e. The third-order valence-corrected chi connectivity index (χ3v) is 5.62. The highest BCUT2D eigenvalue weighted by Gasteiger charge is 2.13. The Balaban J connectivity index is 1.86. The van der Waals surface area contributed by atoms with Crippen LogP contribution < -0.4 is 9.46 Å². The van der Waals surface area contributed by atoms with Crippen LogP contribution in [0.5, 0.6) is 5.75 Å². The van der Waals surface area contributed by atoms with Crippen molar-refractivity contribution in [3.05, 3.63) is 47.3 Å². The standard InChI is InChI=1S/C15H19NO3S2/c1-12(2)19-14-7-5-13(6-8-14)9-10-16-21(17,18)15-4-3-11-20-15/h3-8,11-12,16H,9-10H2,1-2H3. The first-order valence-electron chi connectivity index (χ1n) is 6.76. The van der Waals surface area contributed by atoms with Gasteiger partial charge in [-0.2, -0.15) is 0 Å². The van der Waals surface area contributed by atoms with E-state index in [2.05, 4.69) is 4.72 Å². The van der Waals surface area contributed by atoms with Gasteiger partial charge in [-0.15, -0.1) is 11.3 Å². The largest absolute Gasteiger partial charge is 0.491 e. The molecule has 0 aliphatic rings. The maximum absolute atomic E-state index is 11.9. The molecule has 0 fully saturated rings. The zero-order chi connectivity index (χ0) is 15.3. The average molecular weight is 325 g/mol. The summed E-state index contributed by atoms with van der Waals surface area (Å²) in [5, 5.41) is 1.75. The van der Waals surface area contributed by atoms with Gasteiger partial charge in [0, 0.05) is 6.54 Å². The van der Waals surface area contributed by atoms with Crippen LogP contribution in [0.4, 0.5) is 0 Å². The average Bonchev–Trinajstić information content (AvgIpc) is 2.95. The highest BCUT2D eigenvalue weighted by Crippen LogP contribution is 2.16. The number of ether oxygens (including phenoxy) is 1. The molecule has 0 bridgehead atoms. The van der Waals surface area contributed by atoms with Gasteiger partial charge in [0.1, 0.15) is 9.96 Å². The van der Waals surface area contributed by atoms with E-state index in [-0.39, 0.29) is 6.10 Å². The molecular weight excluding hydrogens is 306 g/mol. The van der Waals surface area contributed by atoms with E-state index in [0.29, 0.717) is 17.2 Å². The third kappa shape index (κ3) is 4.84. The molecule has 1 aromatic carbocycles. The fourth-order valence-corrected chi connectivity index (χ4v) is 3.89. The molecule has 4 nitrogen and oxygen atoms in total. The minimum Gasteiger partial charge on any atom is -0.491 e. The molecule has 2 aromatic rings. The number of sulfonamides is 1. The summed E-state index contributed by atoms with van der Waals surface area (Å²) in [6, 6.07) is 11.1. The molecule has 2 rings (SSSR count). The molecule has 0 unspecified atom stereocenters. The Morgan fingerprint density at radius 1 is 1.19 bits per heavy atom. The van der Waals surface area contributed by atoms with Crippen LogP contribution in [0.15, 0.2) is 46.0 Å². The van der Waals surface area contributed by atoms with Crippen LogP contribution in [0, 0.1) is 0 Å². The highest BCUT2D eigenvalue weighted by molar-refractivity contribution is 7.91. The Morgan fingerprint density at radius 2 is 1.90 bits per heavy atom. The zero-order valence-electron chi connectivity index (χ0n) is 12.1. The van der Waals surface area contributed by atoms with E-state index < -0.39 is 10.0 Å². The first-order chi connectivity index (χ1) is 9.97. The van der Waals surface area contributed by atoms with Crippen molar-refractivity contribution in [2.75, 3.05) is 6.54 Å². The Kier molecular flexibility index (Phi) is 5.39. The van der Waals surface area contributed by atoms with Crippen LogP contribution in [0.2, 0.25) is 0 Å². The molecule has 0 aliphatic carbocycles. The maximum atomic E-state index is 11.9. The highest BCUT2D eigenvalue weighted by atomic mass is 32.2. The van der Waals surface area contributed by atoms with Gasteiger partial charge in [0.15, 0.2) is 0 Å². The molecule has 6 heteroatoms. The molecule has 114 valence electrons. The van der Waals surface area contributed by atoms with Gasteiger partial charge in [-0.1, -0.05) is 18.2 Å². The van der Waals surface area contributed by atoms with Crippen LogP contribution in [0.1, 0.15) is 19.4 Å². The van der Waals surface area contributed by atoms with E-state index in [4.69, 9.17) is 4.74 Å². The predicted octanol–water partition coefficient (Wildman–Crippen LogP) is 3.06. The second-order valence-electron chi connectivity index (χ2n) is 4.89. The quantitative estimate of drug-likeness (QED) is 0.851. The lowest BCUT2D eigenvalue weighted by molar-refractivity contribution is 0.242. The second kappa shape index (κ2) is 7.06. The number of hydrogen-bond donors (Lipinski definition) is 1. The Bertz CT molecular complexity index is 647. The summed E-state index contributed by atoms with van der Waals surface area (Å²) in [7, 11) is -3.37. The van der Waals surface area contributed by atoms with Gasteiger partial charge >= 0.3 is 0 Å². The van der Waals surface area contributed by atoms with Gasteiger partial charge in [-0.05, 0) is 49.4 Å².